The van der Waals surface area contributed by atoms with Gasteiger partial charge in [0.2, 0.25) is 5.95 Å². The van der Waals surface area contributed by atoms with Crippen LogP contribution in [-0.2, 0) is 6.42 Å². The van der Waals surface area contributed by atoms with Gasteiger partial charge in [-0.3, -0.25) is 0 Å². The lowest BCUT2D eigenvalue weighted by Crippen LogP contribution is -2.17. The van der Waals surface area contributed by atoms with Crippen LogP contribution in [0.25, 0.3) is 0 Å². The lowest BCUT2D eigenvalue weighted by molar-refractivity contribution is 0.405. The highest BCUT2D eigenvalue weighted by Crippen LogP contribution is 2.10. The molecular formula is C17H24ClN5. The van der Waals surface area contributed by atoms with Crippen molar-refractivity contribution < 1.29 is 0 Å². The van der Waals surface area contributed by atoms with Crippen molar-refractivity contribution in [1.29, 1.82) is 0 Å². The van der Waals surface area contributed by atoms with Gasteiger partial charge in [-0.2, -0.15) is 4.98 Å². The molecule has 0 fully saturated rings. The Balaban J connectivity index is 1.74. The highest BCUT2D eigenvalue weighted by atomic mass is 35.5. The van der Waals surface area contributed by atoms with Gasteiger partial charge in [-0.05, 0) is 57.2 Å². The molecule has 0 unspecified atom stereocenters. The number of nitrogens with zero attached hydrogens (tertiary/aromatic N) is 3. The Bertz CT molecular complexity index is 586. The topological polar surface area (TPSA) is 53.1 Å². The fourth-order valence-corrected chi connectivity index (χ4v) is 2.25. The molecule has 0 aliphatic carbocycles. The first kappa shape index (κ1) is 17.5. The zero-order valence-corrected chi connectivity index (χ0v) is 14.5. The van der Waals surface area contributed by atoms with E-state index in [1.54, 1.807) is 6.20 Å². The Morgan fingerprint density at radius 3 is 2.57 bits per heavy atom. The van der Waals surface area contributed by atoms with Crippen LogP contribution < -0.4 is 10.6 Å². The maximum absolute atomic E-state index is 5.88. The van der Waals surface area contributed by atoms with Gasteiger partial charge in [0.15, 0.2) is 0 Å². The number of hydrogen-bond acceptors (Lipinski definition) is 5. The van der Waals surface area contributed by atoms with Gasteiger partial charge >= 0.3 is 0 Å². The van der Waals surface area contributed by atoms with Gasteiger partial charge in [0.1, 0.15) is 5.82 Å². The van der Waals surface area contributed by atoms with E-state index in [4.69, 9.17) is 11.6 Å². The van der Waals surface area contributed by atoms with Gasteiger partial charge in [0.05, 0.1) is 0 Å². The molecule has 0 amide bonds. The van der Waals surface area contributed by atoms with Gasteiger partial charge in [-0.25, -0.2) is 4.98 Å². The predicted molar refractivity (Wildman–Crippen MR) is 97.3 cm³/mol. The normalized spacial score (nSPS) is 10.8. The van der Waals surface area contributed by atoms with E-state index in [0.717, 1.165) is 43.3 Å². The molecule has 0 radical (unpaired) electrons. The van der Waals surface area contributed by atoms with Crippen LogP contribution in [0.5, 0.6) is 0 Å². The minimum absolute atomic E-state index is 0.650. The van der Waals surface area contributed by atoms with Crippen LogP contribution in [0.15, 0.2) is 36.5 Å². The van der Waals surface area contributed by atoms with E-state index in [0.29, 0.717) is 5.95 Å². The fraction of sp³-hybridized carbons (Fsp3) is 0.412. The maximum Gasteiger partial charge on any atom is 0.224 e. The molecule has 2 N–H and O–H groups in total. The van der Waals surface area contributed by atoms with Gasteiger partial charge in [0.25, 0.3) is 0 Å². The van der Waals surface area contributed by atoms with Gasteiger partial charge < -0.3 is 15.5 Å². The molecule has 5 nitrogen and oxygen atoms in total. The lowest BCUT2D eigenvalue weighted by Gasteiger charge is -2.11. The molecule has 0 aliphatic heterocycles. The van der Waals surface area contributed by atoms with Crippen LogP contribution in [0, 0.1) is 0 Å². The van der Waals surface area contributed by atoms with Crippen molar-refractivity contribution in [2.24, 2.45) is 0 Å². The van der Waals surface area contributed by atoms with Crippen molar-refractivity contribution in [2.45, 2.75) is 12.8 Å². The summed E-state index contributed by atoms with van der Waals surface area (Å²) in [4.78, 5) is 10.9. The van der Waals surface area contributed by atoms with Crippen LogP contribution >= 0.6 is 11.6 Å². The smallest absolute Gasteiger partial charge is 0.224 e. The van der Waals surface area contributed by atoms with Crippen molar-refractivity contribution in [2.75, 3.05) is 44.4 Å². The second-order valence-electron chi connectivity index (χ2n) is 5.65. The quantitative estimate of drug-likeness (QED) is 0.690. The molecule has 1 aromatic carbocycles. The highest BCUT2D eigenvalue weighted by Gasteiger charge is 2.00. The summed E-state index contributed by atoms with van der Waals surface area (Å²) in [7, 11) is 4.15. The monoisotopic (exact) mass is 333 g/mol. The molecule has 0 atom stereocenters. The number of aromatic nitrogens is 2. The number of anilines is 2. The van der Waals surface area contributed by atoms with Crippen LogP contribution in [0.3, 0.4) is 0 Å². The van der Waals surface area contributed by atoms with Crippen LogP contribution in [0.2, 0.25) is 5.02 Å². The molecule has 2 rings (SSSR count). The fourth-order valence-electron chi connectivity index (χ4n) is 2.12. The Hall–Kier alpha value is -1.85. The Kier molecular flexibility index (Phi) is 7.10. The third kappa shape index (κ3) is 6.84. The Morgan fingerprint density at radius 2 is 1.83 bits per heavy atom. The molecule has 0 saturated carbocycles. The zero-order valence-electron chi connectivity index (χ0n) is 13.7. The molecule has 1 heterocycles. The van der Waals surface area contributed by atoms with E-state index in [9.17, 15) is 0 Å². The first-order valence-corrected chi connectivity index (χ1v) is 8.21. The van der Waals surface area contributed by atoms with E-state index in [2.05, 4.69) is 39.6 Å². The third-order valence-electron chi connectivity index (χ3n) is 3.35. The summed E-state index contributed by atoms with van der Waals surface area (Å²) in [5.74, 6) is 1.50. The third-order valence-corrected chi connectivity index (χ3v) is 3.61. The van der Waals surface area contributed by atoms with Crippen molar-refractivity contribution in [3.05, 3.63) is 47.1 Å². The first-order chi connectivity index (χ1) is 11.1. The molecule has 0 aliphatic rings. The molecule has 0 spiro atoms. The van der Waals surface area contributed by atoms with Crippen LogP contribution in [0.4, 0.5) is 11.8 Å². The van der Waals surface area contributed by atoms with Gasteiger partial charge in [-0.15, -0.1) is 0 Å². The SMILES string of the molecule is CN(C)CCCNc1ccnc(NCCc2ccc(Cl)cc2)n1. The summed E-state index contributed by atoms with van der Waals surface area (Å²) in [6.07, 6.45) is 3.75. The standard InChI is InChI=1S/C17H24ClN5/c1-23(2)13-3-10-19-16-9-12-21-17(22-16)20-11-8-14-4-6-15(18)7-5-14/h4-7,9,12H,3,8,10-11,13H2,1-2H3,(H2,19,20,21,22). The summed E-state index contributed by atoms with van der Waals surface area (Å²) in [6.45, 7) is 2.75. The average molecular weight is 334 g/mol. The van der Waals surface area contributed by atoms with Crippen LogP contribution in [0.1, 0.15) is 12.0 Å². The maximum atomic E-state index is 5.88. The van der Waals surface area contributed by atoms with Crippen molar-refractivity contribution in [3.8, 4) is 0 Å². The summed E-state index contributed by atoms with van der Waals surface area (Å²) in [6, 6.07) is 9.78. The molecular weight excluding hydrogens is 310 g/mol. The van der Waals surface area contributed by atoms with E-state index in [1.807, 2.05) is 30.3 Å². The summed E-state index contributed by atoms with van der Waals surface area (Å²) in [5.41, 5.74) is 1.24. The summed E-state index contributed by atoms with van der Waals surface area (Å²) >= 11 is 5.88. The highest BCUT2D eigenvalue weighted by molar-refractivity contribution is 6.30. The average Bonchev–Trinajstić information content (AvgIpc) is 2.54. The second-order valence-corrected chi connectivity index (χ2v) is 6.09. The van der Waals surface area contributed by atoms with Crippen molar-refractivity contribution in [1.82, 2.24) is 14.9 Å². The molecule has 0 bridgehead atoms. The van der Waals surface area contributed by atoms with Gasteiger partial charge in [-0.1, -0.05) is 23.7 Å². The summed E-state index contributed by atoms with van der Waals surface area (Å²) in [5, 5.41) is 7.34. The van der Waals surface area contributed by atoms with Crippen molar-refractivity contribution >= 4 is 23.4 Å². The van der Waals surface area contributed by atoms with E-state index >= 15 is 0 Å². The Morgan fingerprint density at radius 1 is 1.04 bits per heavy atom. The molecule has 124 valence electrons. The number of nitrogens with one attached hydrogen (secondary N) is 2. The molecule has 1 aromatic heterocycles. The molecule has 23 heavy (non-hydrogen) atoms. The van der Waals surface area contributed by atoms with E-state index in [1.165, 1.54) is 5.56 Å². The number of halogens is 1. The van der Waals surface area contributed by atoms with Crippen molar-refractivity contribution in [3.63, 3.8) is 0 Å². The molecule has 0 saturated heterocycles. The number of rotatable bonds is 9. The number of benzene rings is 1. The largest absolute Gasteiger partial charge is 0.370 e. The minimum Gasteiger partial charge on any atom is -0.370 e. The second kappa shape index (κ2) is 9.33. The first-order valence-electron chi connectivity index (χ1n) is 7.83. The Labute approximate surface area is 143 Å². The lowest BCUT2D eigenvalue weighted by atomic mass is 10.1. The summed E-state index contributed by atoms with van der Waals surface area (Å²) < 4.78 is 0. The van der Waals surface area contributed by atoms with Crippen LogP contribution in [-0.4, -0.2) is 48.6 Å². The zero-order chi connectivity index (χ0) is 16.5. The molecule has 6 heteroatoms. The molecule has 2 aromatic rings. The number of hydrogen-bond donors (Lipinski definition) is 2. The van der Waals surface area contributed by atoms with E-state index in [-0.39, 0.29) is 0 Å². The van der Waals surface area contributed by atoms with Gasteiger partial charge in [0, 0.05) is 24.3 Å². The predicted octanol–water partition coefficient (Wildman–Crippen LogP) is 3.15. The van der Waals surface area contributed by atoms with E-state index < -0.39 is 0 Å². The minimum atomic E-state index is 0.650.